The summed E-state index contributed by atoms with van der Waals surface area (Å²) in [5, 5.41) is 11.1. The number of alkyl carbamates (subject to hydrolysis) is 1. The number of pyridine rings is 1. The fourth-order valence-corrected chi connectivity index (χ4v) is 4.59. The summed E-state index contributed by atoms with van der Waals surface area (Å²) >= 11 is 0. The summed E-state index contributed by atoms with van der Waals surface area (Å²) in [5.41, 5.74) is -1.69. The number of rotatable bonds is 4. The van der Waals surface area contributed by atoms with E-state index in [0.717, 1.165) is 4.90 Å². The summed E-state index contributed by atoms with van der Waals surface area (Å²) in [7, 11) is 0. The van der Waals surface area contributed by atoms with Crippen molar-refractivity contribution in [1.29, 1.82) is 0 Å². The molecule has 41 heavy (non-hydrogen) atoms. The maximum absolute atomic E-state index is 13.4. The van der Waals surface area contributed by atoms with E-state index in [-0.39, 0.29) is 17.6 Å². The Kier molecular flexibility index (Phi) is 9.19. The first kappa shape index (κ1) is 31.6. The van der Waals surface area contributed by atoms with Crippen LogP contribution in [0.4, 0.5) is 25.8 Å². The molecular weight excluding hydrogens is 530 g/mol. The predicted octanol–water partition coefficient (Wildman–Crippen LogP) is 4.94. The van der Waals surface area contributed by atoms with Gasteiger partial charge in [0.2, 0.25) is 0 Å². The zero-order valence-corrected chi connectivity index (χ0v) is 25.7. The Morgan fingerprint density at radius 1 is 0.902 bits per heavy atom. The smallest absolute Gasteiger partial charge is 0.424 e. The van der Waals surface area contributed by atoms with Gasteiger partial charge in [0, 0.05) is 25.5 Å². The molecule has 3 rings (SSSR count). The number of ether oxygens (including phenoxy) is 3. The number of carbonyl (C=O) groups excluding carboxylic acids is 3. The Hall–Kier alpha value is -3.90. The Bertz CT molecular complexity index is 1190. The second-order valence-electron chi connectivity index (χ2n) is 13.2. The molecule has 0 spiro atoms. The number of piperidine rings is 1. The van der Waals surface area contributed by atoms with Crippen LogP contribution in [-0.2, 0) is 14.2 Å². The molecule has 3 atom stereocenters. The largest absolute Gasteiger partial charge is 0.444 e. The second kappa shape index (κ2) is 11.9. The average molecular weight is 574 g/mol. The van der Waals surface area contributed by atoms with Crippen molar-refractivity contribution < 1.29 is 28.6 Å². The monoisotopic (exact) mass is 573 g/mol. The zero-order valence-electron chi connectivity index (χ0n) is 25.7. The van der Waals surface area contributed by atoms with Crippen molar-refractivity contribution >= 4 is 29.7 Å². The molecule has 1 unspecified atom stereocenters. The molecule has 226 valence electrons. The van der Waals surface area contributed by atoms with E-state index in [9.17, 15) is 14.4 Å². The molecule has 2 aromatic heterocycles. The number of carbonyl (C=O) groups is 3. The highest BCUT2D eigenvalue weighted by Crippen LogP contribution is 2.36. The van der Waals surface area contributed by atoms with Gasteiger partial charge in [-0.3, -0.25) is 4.98 Å². The lowest BCUT2D eigenvalue weighted by Gasteiger charge is -2.44. The molecular formula is C28H43N7O6. The Balaban J connectivity index is 2.03. The van der Waals surface area contributed by atoms with Gasteiger partial charge in [-0.1, -0.05) is 12.1 Å². The number of nitrogens with one attached hydrogen (secondary N) is 1. The first-order valence-corrected chi connectivity index (χ1v) is 13.6. The van der Waals surface area contributed by atoms with Gasteiger partial charge in [-0.15, -0.1) is 5.10 Å². The minimum Gasteiger partial charge on any atom is -0.444 e. The lowest BCUT2D eigenvalue weighted by atomic mass is 9.89. The molecule has 2 aromatic rings. The molecule has 0 saturated carbocycles. The van der Waals surface area contributed by atoms with E-state index in [1.54, 1.807) is 91.7 Å². The third-order valence-electron chi connectivity index (χ3n) is 5.88. The topological polar surface area (TPSA) is 141 Å². The first-order valence-electron chi connectivity index (χ1n) is 13.6. The van der Waals surface area contributed by atoms with Gasteiger partial charge in [0.15, 0.2) is 0 Å². The van der Waals surface area contributed by atoms with E-state index in [2.05, 4.69) is 20.6 Å². The van der Waals surface area contributed by atoms with Crippen molar-refractivity contribution in [3.8, 4) is 0 Å². The molecule has 1 N–H and O–H groups in total. The van der Waals surface area contributed by atoms with Gasteiger partial charge in [0.25, 0.3) is 0 Å². The molecule has 0 aliphatic carbocycles. The van der Waals surface area contributed by atoms with Gasteiger partial charge in [-0.05, 0) is 74.3 Å². The molecule has 0 aromatic carbocycles. The van der Waals surface area contributed by atoms with Crippen LogP contribution < -0.4 is 15.1 Å². The highest BCUT2D eigenvalue weighted by molar-refractivity contribution is 6.11. The molecule has 1 saturated heterocycles. The normalized spacial score (nSPS) is 19.8. The molecule has 3 amide bonds. The number of imide groups is 1. The van der Waals surface area contributed by atoms with E-state index in [1.807, 2.05) is 11.8 Å². The first-order chi connectivity index (χ1) is 18.8. The van der Waals surface area contributed by atoms with E-state index in [0.29, 0.717) is 18.8 Å². The van der Waals surface area contributed by atoms with Crippen molar-refractivity contribution in [2.24, 2.45) is 5.92 Å². The molecule has 13 nitrogen and oxygen atoms in total. The van der Waals surface area contributed by atoms with Crippen LogP contribution in [0.25, 0.3) is 0 Å². The van der Waals surface area contributed by atoms with Crippen molar-refractivity contribution in [3.63, 3.8) is 0 Å². The lowest BCUT2D eigenvalue weighted by molar-refractivity contribution is 0.0426. The highest BCUT2D eigenvalue weighted by Gasteiger charge is 2.41. The third-order valence-corrected chi connectivity index (χ3v) is 5.88. The molecule has 1 aliphatic rings. The SMILES string of the molecule is C[C@H]1CN(c2ccncc2N(C(=O)OC(C)(C)C)C(=O)OC(C)(C)C)C[C@@H](NC(=O)OC(C)(C)C)C1n1ccnn1. The molecule has 0 radical (unpaired) electrons. The van der Waals surface area contributed by atoms with E-state index in [1.165, 1.54) is 6.20 Å². The summed E-state index contributed by atoms with van der Waals surface area (Å²) in [6, 6.07) is 1.01. The fourth-order valence-electron chi connectivity index (χ4n) is 4.59. The Labute approximate surface area is 241 Å². The zero-order chi connectivity index (χ0) is 30.8. The van der Waals surface area contributed by atoms with Crippen molar-refractivity contribution in [2.75, 3.05) is 22.9 Å². The van der Waals surface area contributed by atoms with Crippen LogP contribution in [0.1, 0.15) is 75.3 Å². The number of nitrogens with zero attached hydrogens (tertiary/aromatic N) is 6. The van der Waals surface area contributed by atoms with Gasteiger partial charge in [-0.25, -0.2) is 19.1 Å². The van der Waals surface area contributed by atoms with Crippen LogP contribution in [0.2, 0.25) is 0 Å². The summed E-state index contributed by atoms with van der Waals surface area (Å²) in [6.07, 6.45) is 3.99. The van der Waals surface area contributed by atoms with Crippen LogP contribution in [0.5, 0.6) is 0 Å². The average Bonchev–Trinajstić information content (AvgIpc) is 3.29. The third kappa shape index (κ3) is 8.79. The maximum Gasteiger partial charge on any atom is 0.424 e. The van der Waals surface area contributed by atoms with Crippen molar-refractivity contribution in [3.05, 3.63) is 30.9 Å². The van der Waals surface area contributed by atoms with Gasteiger partial charge >= 0.3 is 18.3 Å². The van der Waals surface area contributed by atoms with Gasteiger partial charge in [-0.2, -0.15) is 4.90 Å². The molecule has 1 aliphatic heterocycles. The summed E-state index contributed by atoms with van der Waals surface area (Å²) in [5.74, 6) is -0.0529. The summed E-state index contributed by atoms with van der Waals surface area (Å²) < 4.78 is 18.4. The van der Waals surface area contributed by atoms with Crippen molar-refractivity contribution in [2.45, 2.75) is 98.1 Å². The highest BCUT2D eigenvalue weighted by atomic mass is 16.6. The van der Waals surface area contributed by atoms with E-state index < -0.39 is 41.1 Å². The molecule has 13 heteroatoms. The number of aromatic nitrogens is 4. The van der Waals surface area contributed by atoms with Crippen LogP contribution >= 0.6 is 0 Å². The standard InChI is InChI=1S/C28H43N7O6/c1-18-16-33(17-19(22(18)34-14-13-30-32-34)31-23(36)39-26(2,3)4)20-11-12-29-15-21(20)35(24(37)40-27(5,6)7)25(38)41-28(8,9)10/h11-15,18-19,22H,16-17H2,1-10H3,(H,31,36)/t18-,19+,22?/m0/s1. The number of anilines is 2. The quantitative estimate of drug-likeness (QED) is 0.500. The Morgan fingerprint density at radius 3 is 2.00 bits per heavy atom. The number of hydrogen-bond acceptors (Lipinski definition) is 10. The summed E-state index contributed by atoms with van der Waals surface area (Å²) in [6.45, 7) is 18.5. The van der Waals surface area contributed by atoms with Gasteiger partial charge < -0.3 is 24.4 Å². The summed E-state index contributed by atoms with van der Waals surface area (Å²) in [4.78, 5) is 46.7. The van der Waals surface area contributed by atoms with E-state index >= 15 is 0 Å². The lowest BCUT2D eigenvalue weighted by Crippen LogP contribution is -2.57. The molecule has 1 fully saturated rings. The van der Waals surface area contributed by atoms with Crippen LogP contribution in [-0.4, -0.2) is 74.2 Å². The maximum atomic E-state index is 13.4. The van der Waals surface area contributed by atoms with E-state index in [4.69, 9.17) is 14.2 Å². The minimum absolute atomic E-state index is 0.0529. The van der Waals surface area contributed by atoms with Gasteiger partial charge in [0.1, 0.15) is 22.5 Å². The Morgan fingerprint density at radius 2 is 1.49 bits per heavy atom. The van der Waals surface area contributed by atoms with Gasteiger partial charge in [0.05, 0.1) is 30.2 Å². The van der Waals surface area contributed by atoms with Crippen LogP contribution in [0.15, 0.2) is 30.9 Å². The number of hydrogen-bond donors (Lipinski definition) is 1. The predicted molar refractivity (Wildman–Crippen MR) is 153 cm³/mol. The molecule has 0 bridgehead atoms. The number of amides is 3. The van der Waals surface area contributed by atoms with Crippen molar-refractivity contribution in [1.82, 2.24) is 25.3 Å². The van der Waals surface area contributed by atoms with Crippen LogP contribution in [0, 0.1) is 5.92 Å². The fraction of sp³-hybridized carbons (Fsp3) is 0.643. The second-order valence-corrected chi connectivity index (χ2v) is 13.2. The minimum atomic E-state index is -0.894. The van der Waals surface area contributed by atoms with Crippen LogP contribution in [0.3, 0.4) is 0 Å². The molecule has 3 heterocycles.